The van der Waals surface area contributed by atoms with Gasteiger partial charge in [-0.15, -0.1) is 0 Å². The van der Waals surface area contributed by atoms with E-state index in [1.807, 2.05) is 31.2 Å². The third-order valence-electron chi connectivity index (χ3n) is 5.14. The first-order valence-electron chi connectivity index (χ1n) is 9.21. The molecular weight excluding hydrogens is 328 g/mol. The fraction of sp³-hybridized carbons (Fsp3) is 0.333. The average Bonchev–Trinajstić information content (AvgIpc) is 3.16. The van der Waals surface area contributed by atoms with Crippen molar-refractivity contribution in [1.29, 1.82) is 0 Å². The zero-order valence-electron chi connectivity index (χ0n) is 14.8. The largest absolute Gasteiger partial charge is 0.454 e. The summed E-state index contributed by atoms with van der Waals surface area (Å²) in [4.78, 5) is 27.1. The van der Waals surface area contributed by atoms with Gasteiger partial charge in [-0.2, -0.15) is 0 Å². The Bertz CT molecular complexity index is 856. The Labute approximate surface area is 153 Å². The molecule has 2 amide bonds. The van der Waals surface area contributed by atoms with E-state index in [0.29, 0.717) is 29.3 Å². The van der Waals surface area contributed by atoms with Crippen LogP contribution < -0.4 is 15.0 Å². The molecule has 0 saturated heterocycles. The fourth-order valence-corrected chi connectivity index (χ4v) is 3.75. The number of carbonyl (C=O) groups is 2. The van der Waals surface area contributed by atoms with Gasteiger partial charge in [0.2, 0.25) is 5.91 Å². The number of fused-ring (bicyclic) bond motifs is 2. The fourth-order valence-electron chi connectivity index (χ4n) is 3.75. The van der Waals surface area contributed by atoms with Crippen LogP contribution in [-0.4, -0.2) is 18.4 Å². The van der Waals surface area contributed by atoms with E-state index in [-0.39, 0.29) is 17.7 Å². The summed E-state index contributed by atoms with van der Waals surface area (Å²) in [6, 6.07) is 12.8. The molecule has 2 aromatic carbocycles. The Balaban J connectivity index is 1.66. The van der Waals surface area contributed by atoms with E-state index in [9.17, 15) is 9.59 Å². The van der Waals surface area contributed by atoms with Crippen molar-refractivity contribution < 1.29 is 14.3 Å². The van der Waals surface area contributed by atoms with Crippen molar-refractivity contribution in [2.24, 2.45) is 5.92 Å². The van der Waals surface area contributed by atoms with Gasteiger partial charge in [-0.3, -0.25) is 9.59 Å². The lowest BCUT2D eigenvalue weighted by atomic mass is 10.1. The second-order valence-corrected chi connectivity index (χ2v) is 6.80. The smallest absolute Gasteiger partial charge is 0.262 e. The van der Waals surface area contributed by atoms with Crippen LogP contribution in [0.15, 0.2) is 42.5 Å². The summed E-state index contributed by atoms with van der Waals surface area (Å²) >= 11 is 0. The van der Waals surface area contributed by atoms with E-state index in [0.717, 1.165) is 31.4 Å². The molecule has 1 aliphatic carbocycles. The first-order chi connectivity index (χ1) is 12.7. The summed E-state index contributed by atoms with van der Waals surface area (Å²) in [5.41, 5.74) is 1.86. The zero-order chi connectivity index (χ0) is 18.1. The van der Waals surface area contributed by atoms with E-state index in [1.54, 1.807) is 23.1 Å². The van der Waals surface area contributed by atoms with Gasteiger partial charge < -0.3 is 15.0 Å². The number of nitrogens with zero attached hydrogens (tertiary/aromatic N) is 1. The molecule has 5 heteroatoms. The molecular formula is C21H22N2O3. The van der Waals surface area contributed by atoms with E-state index in [4.69, 9.17) is 4.74 Å². The predicted molar refractivity (Wildman–Crippen MR) is 101 cm³/mol. The van der Waals surface area contributed by atoms with E-state index in [2.05, 4.69) is 5.32 Å². The van der Waals surface area contributed by atoms with Crippen molar-refractivity contribution in [2.75, 3.05) is 16.8 Å². The molecule has 26 heavy (non-hydrogen) atoms. The molecule has 1 heterocycles. The number of ether oxygens (including phenoxy) is 1. The minimum absolute atomic E-state index is 0.0417. The number of benzene rings is 2. The van der Waals surface area contributed by atoms with Crippen molar-refractivity contribution in [1.82, 2.24) is 0 Å². The topological polar surface area (TPSA) is 58.6 Å². The van der Waals surface area contributed by atoms with Gasteiger partial charge in [-0.1, -0.05) is 25.0 Å². The summed E-state index contributed by atoms with van der Waals surface area (Å²) in [7, 11) is 0. The first-order valence-corrected chi connectivity index (χ1v) is 9.21. The summed E-state index contributed by atoms with van der Waals surface area (Å²) in [5.74, 6) is 1.17. The predicted octanol–water partition coefficient (Wildman–Crippen LogP) is 4.59. The molecule has 1 saturated carbocycles. The maximum Gasteiger partial charge on any atom is 0.262 e. The van der Waals surface area contributed by atoms with Crippen LogP contribution in [0.5, 0.6) is 11.5 Å². The molecule has 0 atom stereocenters. The molecule has 0 radical (unpaired) electrons. The van der Waals surface area contributed by atoms with Crippen LogP contribution in [-0.2, 0) is 4.79 Å². The second-order valence-electron chi connectivity index (χ2n) is 6.80. The van der Waals surface area contributed by atoms with E-state index in [1.165, 1.54) is 0 Å². The van der Waals surface area contributed by atoms with Crippen molar-refractivity contribution in [3.05, 3.63) is 48.0 Å². The highest BCUT2D eigenvalue weighted by Gasteiger charge is 2.28. The van der Waals surface area contributed by atoms with Crippen LogP contribution >= 0.6 is 0 Å². The number of rotatable bonds is 3. The van der Waals surface area contributed by atoms with Crippen molar-refractivity contribution in [3.63, 3.8) is 0 Å². The first kappa shape index (κ1) is 16.6. The van der Waals surface area contributed by atoms with Gasteiger partial charge in [0.1, 0.15) is 5.75 Å². The van der Waals surface area contributed by atoms with Gasteiger partial charge in [0.15, 0.2) is 5.75 Å². The minimum atomic E-state index is -0.121. The number of nitrogens with one attached hydrogen (secondary N) is 1. The Morgan fingerprint density at radius 2 is 1.92 bits per heavy atom. The number of hydrogen-bond donors (Lipinski definition) is 1. The van der Waals surface area contributed by atoms with Crippen LogP contribution in [0.3, 0.4) is 0 Å². The molecule has 2 aliphatic rings. The highest BCUT2D eigenvalue weighted by atomic mass is 16.5. The molecule has 0 spiro atoms. The Morgan fingerprint density at radius 3 is 2.69 bits per heavy atom. The molecule has 134 valence electrons. The zero-order valence-corrected chi connectivity index (χ0v) is 14.8. The monoisotopic (exact) mass is 350 g/mol. The lowest BCUT2D eigenvalue weighted by Gasteiger charge is -2.20. The SMILES string of the molecule is CCN1C(=O)c2cc(NC(=O)C3CCCC3)ccc2Oc2ccccc21. The standard InChI is InChI=1S/C21H22N2O3/c1-2-23-17-9-5-6-10-19(17)26-18-12-11-15(13-16(18)21(23)25)22-20(24)14-7-3-4-8-14/h5-6,9-14H,2-4,7-8H2,1H3,(H,22,24). The Kier molecular flexibility index (Phi) is 4.37. The molecule has 1 fully saturated rings. The molecule has 1 aliphatic heterocycles. The lowest BCUT2D eigenvalue weighted by Crippen LogP contribution is -2.30. The second kappa shape index (κ2) is 6.83. The van der Waals surface area contributed by atoms with E-state index < -0.39 is 0 Å². The number of para-hydroxylation sites is 2. The maximum absolute atomic E-state index is 13.1. The normalized spacial score (nSPS) is 16.5. The highest BCUT2D eigenvalue weighted by molar-refractivity contribution is 6.10. The van der Waals surface area contributed by atoms with Gasteiger partial charge in [0, 0.05) is 18.2 Å². The molecule has 1 N–H and O–H groups in total. The Morgan fingerprint density at radius 1 is 1.15 bits per heavy atom. The molecule has 0 bridgehead atoms. The molecule has 0 aromatic heterocycles. The average molecular weight is 350 g/mol. The van der Waals surface area contributed by atoms with Gasteiger partial charge in [-0.25, -0.2) is 0 Å². The molecule has 5 nitrogen and oxygen atoms in total. The third kappa shape index (κ3) is 2.94. The minimum Gasteiger partial charge on any atom is -0.454 e. The summed E-state index contributed by atoms with van der Waals surface area (Å²) < 4.78 is 5.99. The lowest BCUT2D eigenvalue weighted by molar-refractivity contribution is -0.119. The number of amides is 2. The van der Waals surface area contributed by atoms with Crippen molar-refractivity contribution in [3.8, 4) is 11.5 Å². The van der Waals surface area contributed by atoms with Crippen LogP contribution in [0.25, 0.3) is 0 Å². The Hall–Kier alpha value is -2.82. The summed E-state index contributed by atoms with van der Waals surface area (Å²) in [5, 5.41) is 2.96. The van der Waals surface area contributed by atoms with Crippen LogP contribution in [0.1, 0.15) is 43.0 Å². The maximum atomic E-state index is 13.1. The van der Waals surface area contributed by atoms with Gasteiger partial charge in [0.05, 0.1) is 11.3 Å². The van der Waals surface area contributed by atoms with Crippen LogP contribution in [0, 0.1) is 5.92 Å². The van der Waals surface area contributed by atoms with Crippen molar-refractivity contribution in [2.45, 2.75) is 32.6 Å². The summed E-state index contributed by atoms with van der Waals surface area (Å²) in [6.45, 7) is 2.47. The number of anilines is 2. The highest BCUT2D eigenvalue weighted by Crippen LogP contribution is 2.39. The van der Waals surface area contributed by atoms with Gasteiger partial charge >= 0.3 is 0 Å². The van der Waals surface area contributed by atoms with Crippen molar-refractivity contribution >= 4 is 23.2 Å². The number of carbonyl (C=O) groups excluding carboxylic acids is 2. The van der Waals surface area contributed by atoms with Crippen LogP contribution in [0.4, 0.5) is 11.4 Å². The third-order valence-corrected chi connectivity index (χ3v) is 5.14. The van der Waals surface area contributed by atoms with Crippen LogP contribution in [0.2, 0.25) is 0 Å². The summed E-state index contributed by atoms with van der Waals surface area (Å²) in [6.07, 6.45) is 4.10. The quantitative estimate of drug-likeness (QED) is 0.881. The van der Waals surface area contributed by atoms with Gasteiger partial charge in [0.25, 0.3) is 5.91 Å². The molecule has 2 aromatic rings. The molecule has 0 unspecified atom stereocenters. The number of hydrogen-bond acceptors (Lipinski definition) is 3. The van der Waals surface area contributed by atoms with E-state index >= 15 is 0 Å². The van der Waals surface area contributed by atoms with Gasteiger partial charge in [-0.05, 0) is 50.1 Å². The molecule has 4 rings (SSSR count).